The molecule has 1 fully saturated rings. The van der Waals surface area contributed by atoms with Crippen LogP contribution in [0.5, 0.6) is 0 Å². The molecule has 1 aliphatic carbocycles. The molecule has 1 aromatic heterocycles. The second-order valence-electron chi connectivity index (χ2n) is 5.13. The molecule has 0 radical (unpaired) electrons. The van der Waals surface area contributed by atoms with E-state index in [4.69, 9.17) is 5.73 Å². The molecule has 94 valence electrons. The van der Waals surface area contributed by atoms with Gasteiger partial charge in [-0.15, -0.1) is 0 Å². The number of anilines is 2. The number of nitrogen functional groups attached to an aromatic ring is 1. The van der Waals surface area contributed by atoms with Crippen molar-refractivity contribution in [3.63, 3.8) is 0 Å². The third kappa shape index (κ3) is 3.49. The summed E-state index contributed by atoms with van der Waals surface area (Å²) < 4.78 is 0.194. The summed E-state index contributed by atoms with van der Waals surface area (Å²) in [7, 11) is 0. The Labute approximate surface area is 107 Å². The van der Waals surface area contributed by atoms with E-state index < -0.39 is 0 Å². The van der Waals surface area contributed by atoms with Crippen LogP contribution in [0, 0.1) is 0 Å². The molecule has 4 nitrogen and oxygen atoms in total. The van der Waals surface area contributed by atoms with Gasteiger partial charge in [-0.1, -0.05) is 0 Å². The van der Waals surface area contributed by atoms with Crippen molar-refractivity contribution in [2.75, 3.05) is 23.9 Å². The Kier molecular flexibility index (Phi) is 3.47. The fourth-order valence-electron chi connectivity index (χ4n) is 1.48. The highest BCUT2D eigenvalue weighted by molar-refractivity contribution is 7.99. The number of nitrogens with zero attached hydrogens (tertiary/aromatic N) is 2. The zero-order chi connectivity index (χ0) is 12.5. The molecule has 1 saturated carbocycles. The van der Waals surface area contributed by atoms with Crippen LogP contribution in [0.4, 0.5) is 11.6 Å². The fraction of sp³-hybridized carbons (Fsp3) is 0.667. The molecule has 1 heterocycles. The van der Waals surface area contributed by atoms with Crippen LogP contribution in [0.1, 0.15) is 38.4 Å². The van der Waals surface area contributed by atoms with E-state index in [9.17, 15) is 0 Å². The average Bonchev–Trinajstić information content (AvgIpc) is 3.10. The molecule has 17 heavy (non-hydrogen) atoms. The van der Waals surface area contributed by atoms with Crippen molar-refractivity contribution in [3.05, 3.63) is 11.9 Å². The molecule has 5 heteroatoms. The first-order chi connectivity index (χ1) is 8.00. The van der Waals surface area contributed by atoms with Gasteiger partial charge in [0.1, 0.15) is 17.5 Å². The van der Waals surface area contributed by atoms with Gasteiger partial charge in [0, 0.05) is 23.3 Å². The van der Waals surface area contributed by atoms with Gasteiger partial charge in [0.2, 0.25) is 0 Å². The minimum atomic E-state index is 0.194. The number of hydrogen-bond donors (Lipinski definition) is 2. The summed E-state index contributed by atoms with van der Waals surface area (Å²) in [5.41, 5.74) is 5.80. The number of rotatable bonds is 5. The van der Waals surface area contributed by atoms with E-state index in [0.29, 0.717) is 11.7 Å². The highest BCUT2D eigenvalue weighted by Crippen LogP contribution is 2.38. The Morgan fingerprint density at radius 1 is 1.47 bits per heavy atom. The molecule has 0 spiro atoms. The predicted octanol–water partition coefficient (Wildman–Crippen LogP) is 2.49. The first kappa shape index (κ1) is 12.5. The van der Waals surface area contributed by atoms with Crippen molar-refractivity contribution in [3.8, 4) is 0 Å². The molecule has 1 aliphatic rings. The minimum absolute atomic E-state index is 0.194. The van der Waals surface area contributed by atoms with E-state index in [1.807, 2.05) is 17.8 Å². The van der Waals surface area contributed by atoms with Gasteiger partial charge in [-0.25, -0.2) is 9.97 Å². The Morgan fingerprint density at radius 2 is 2.18 bits per heavy atom. The van der Waals surface area contributed by atoms with Crippen molar-refractivity contribution in [2.45, 2.75) is 37.4 Å². The molecule has 0 aliphatic heterocycles. The lowest BCUT2D eigenvalue weighted by Gasteiger charge is -2.22. The lowest BCUT2D eigenvalue weighted by Crippen LogP contribution is -2.26. The summed E-state index contributed by atoms with van der Waals surface area (Å²) in [6, 6.07) is 1.81. The SMILES string of the molecule is CSC(C)(C)CNc1cc(N)nc(C2CC2)n1. The molecule has 0 amide bonds. The molecule has 2 rings (SSSR count). The third-order valence-corrected chi connectivity index (χ3v) is 4.20. The van der Waals surface area contributed by atoms with E-state index in [2.05, 4.69) is 35.4 Å². The van der Waals surface area contributed by atoms with Gasteiger partial charge in [-0.3, -0.25) is 0 Å². The monoisotopic (exact) mass is 252 g/mol. The van der Waals surface area contributed by atoms with Gasteiger partial charge in [0.25, 0.3) is 0 Å². The molecule has 3 N–H and O–H groups in total. The number of nitrogens with two attached hydrogens (primary N) is 1. The maximum absolute atomic E-state index is 5.80. The van der Waals surface area contributed by atoms with Crippen LogP contribution in [0.3, 0.4) is 0 Å². The lowest BCUT2D eigenvalue weighted by molar-refractivity contribution is 0.748. The van der Waals surface area contributed by atoms with Gasteiger partial charge >= 0.3 is 0 Å². The summed E-state index contributed by atoms with van der Waals surface area (Å²) in [5.74, 6) is 2.84. The van der Waals surface area contributed by atoms with Crippen molar-refractivity contribution >= 4 is 23.4 Å². The summed E-state index contributed by atoms with van der Waals surface area (Å²) in [5, 5.41) is 3.35. The number of thioether (sulfide) groups is 1. The van der Waals surface area contributed by atoms with Crippen LogP contribution < -0.4 is 11.1 Å². The van der Waals surface area contributed by atoms with Gasteiger partial charge in [0.15, 0.2) is 0 Å². The van der Waals surface area contributed by atoms with Gasteiger partial charge < -0.3 is 11.1 Å². The quantitative estimate of drug-likeness (QED) is 0.843. The molecule has 0 bridgehead atoms. The van der Waals surface area contributed by atoms with Crippen LogP contribution >= 0.6 is 11.8 Å². The van der Waals surface area contributed by atoms with E-state index in [0.717, 1.165) is 18.2 Å². The first-order valence-electron chi connectivity index (χ1n) is 5.94. The van der Waals surface area contributed by atoms with Crippen LogP contribution in [0.2, 0.25) is 0 Å². The first-order valence-corrected chi connectivity index (χ1v) is 7.16. The second kappa shape index (κ2) is 4.72. The molecule has 0 saturated heterocycles. The number of hydrogen-bond acceptors (Lipinski definition) is 5. The number of nitrogens with one attached hydrogen (secondary N) is 1. The van der Waals surface area contributed by atoms with Crippen LogP contribution in [-0.2, 0) is 0 Å². The molecular formula is C12H20N4S. The summed E-state index contributed by atoms with van der Waals surface area (Å²) >= 11 is 1.84. The summed E-state index contributed by atoms with van der Waals surface area (Å²) in [6.07, 6.45) is 4.50. The lowest BCUT2D eigenvalue weighted by atomic mass is 10.2. The van der Waals surface area contributed by atoms with E-state index in [1.165, 1.54) is 12.8 Å². The Morgan fingerprint density at radius 3 is 2.76 bits per heavy atom. The van der Waals surface area contributed by atoms with Crippen molar-refractivity contribution in [1.29, 1.82) is 0 Å². The molecule has 1 aromatic rings. The molecule has 0 aromatic carbocycles. The van der Waals surface area contributed by atoms with Crippen molar-refractivity contribution in [2.24, 2.45) is 0 Å². The maximum Gasteiger partial charge on any atom is 0.136 e. The number of aromatic nitrogens is 2. The molecule has 0 atom stereocenters. The highest BCUT2D eigenvalue weighted by atomic mass is 32.2. The van der Waals surface area contributed by atoms with Crippen molar-refractivity contribution < 1.29 is 0 Å². The van der Waals surface area contributed by atoms with Crippen LogP contribution in [0.15, 0.2) is 6.07 Å². The maximum atomic E-state index is 5.80. The van der Waals surface area contributed by atoms with E-state index in [1.54, 1.807) is 0 Å². The van der Waals surface area contributed by atoms with Gasteiger partial charge in [-0.2, -0.15) is 11.8 Å². The van der Waals surface area contributed by atoms with Crippen molar-refractivity contribution in [1.82, 2.24) is 9.97 Å². The Balaban J connectivity index is 2.05. The zero-order valence-electron chi connectivity index (χ0n) is 10.7. The Hall–Kier alpha value is -0.970. The smallest absolute Gasteiger partial charge is 0.136 e. The second-order valence-corrected chi connectivity index (χ2v) is 6.64. The van der Waals surface area contributed by atoms with E-state index >= 15 is 0 Å². The zero-order valence-corrected chi connectivity index (χ0v) is 11.5. The minimum Gasteiger partial charge on any atom is -0.384 e. The summed E-state index contributed by atoms with van der Waals surface area (Å²) in [6.45, 7) is 5.28. The topological polar surface area (TPSA) is 63.8 Å². The Bertz CT molecular complexity index is 401. The standard InChI is InChI=1S/C12H20N4S/c1-12(2,17-3)7-14-10-6-9(13)15-11(16-10)8-4-5-8/h6,8H,4-5,7H2,1-3H3,(H3,13,14,15,16). The average molecular weight is 252 g/mol. The fourth-order valence-corrected chi connectivity index (χ4v) is 1.69. The highest BCUT2D eigenvalue weighted by Gasteiger charge is 2.27. The van der Waals surface area contributed by atoms with Crippen LogP contribution in [0.25, 0.3) is 0 Å². The van der Waals surface area contributed by atoms with E-state index in [-0.39, 0.29) is 4.75 Å². The normalized spacial score (nSPS) is 15.9. The largest absolute Gasteiger partial charge is 0.384 e. The summed E-state index contributed by atoms with van der Waals surface area (Å²) in [4.78, 5) is 8.80. The predicted molar refractivity (Wildman–Crippen MR) is 74.5 cm³/mol. The molecule has 0 unspecified atom stereocenters. The molecular weight excluding hydrogens is 232 g/mol. The van der Waals surface area contributed by atoms with Gasteiger partial charge in [0.05, 0.1) is 0 Å². The third-order valence-electron chi connectivity index (χ3n) is 2.95. The van der Waals surface area contributed by atoms with Crippen LogP contribution in [-0.4, -0.2) is 27.5 Å². The van der Waals surface area contributed by atoms with Gasteiger partial charge in [-0.05, 0) is 32.9 Å².